The van der Waals surface area contributed by atoms with Crippen molar-refractivity contribution >= 4 is 39.5 Å². The molecule has 0 heterocycles. The summed E-state index contributed by atoms with van der Waals surface area (Å²) in [7, 11) is -9.93. The molecule has 0 aromatic carbocycles. The summed E-state index contributed by atoms with van der Waals surface area (Å²) in [5, 5.41) is 10.6. The molecule has 0 saturated carbocycles. The third-order valence-corrected chi connectivity index (χ3v) is 18.7. The lowest BCUT2D eigenvalue weighted by Gasteiger charge is -2.21. The van der Waals surface area contributed by atoms with Gasteiger partial charge in [0.2, 0.25) is 0 Å². The maximum Gasteiger partial charge on any atom is 0.472 e. The van der Waals surface area contributed by atoms with Crippen molar-refractivity contribution in [3.63, 3.8) is 0 Å². The smallest absolute Gasteiger partial charge is 0.462 e. The molecular weight excluding hydrogens is 1260 g/mol. The number of allylic oxidation sites excluding steroid dienone is 8. The van der Waals surface area contributed by atoms with Crippen molar-refractivity contribution in [2.75, 3.05) is 39.6 Å². The van der Waals surface area contributed by atoms with Crippen molar-refractivity contribution in [1.29, 1.82) is 0 Å². The Morgan fingerprint density at radius 1 is 0.302 bits per heavy atom. The fourth-order valence-electron chi connectivity index (χ4n) is 10.8. The first-order valence-electron chi connectivity index (χ1n) is 38.9. The van der Waals surface area contributed by atoms with Crippen LogP contribution in [0.1, 0.15) is 362 Å². The van der Waals surface area contributed by atoms with E-state index < -0.39 is 97.5 Å². The molecule has 0 fully saturated rings. The Hall–Kier alpha value is -2.98. The Labute approximate surface area is 585 Å². The predicted octanol–water partition coefficient (Wildman–Crippen LogP) is 22.1. The minimum Gasteiger partial charge on any atom is -0.462 e. The van der Waals surface area contributed by atoms with Gasteiger partial charge in [0.15, 0.2) is 12.2 Å². The summed E-state index contributed by atoms with van der Waals surface area (Å²) in [5.74, 6) is -2.17. The normalized spacial score (nSPS) is 14.2. The Bertz CT molecular complexity index is 2010. The third kappa shape index (κ3) is 69.5. The predicted molar refractivity (Wildman–Crippen MR) is 390 cm³/mol. The number of aliphatic hydroxyl groups excluding tert-OH is 1. The van der Waals surface area contributed by atoms with E-state index in [2.05, 4.69) is 76.3 Å². The topological polar surface area (TPSA) is 237 Å². The van der Waals surface area contributed by atoms with Gasteiger partial charge in [-0.25, -0.2) is 9.13 Å². The molecule has 562 valence electrons. The van der Waals surface area contributed by atoms with E-state index in [9.17, 15) is 43.2 Å². The van der Waals surface area contributed by atoms with Crippen LogP contribution in [0.5, 0.6) is 0 Å². The number of ether oxygens (including phenoxy) is 4. The van der Waals surface area contributed by atoms with Gasteiger partial charge >= 0.3 is 39.5 Å². The second-order valence-corrected chi connectivity index (χ2v) is 29.2. The van der Waals surface area contributed by atoms with Crippen LogP contribution in [-0.4, -0.2) is 96.7 Å². The van der Waals surface area contributed by atoms with Gasteiger partial charge in [-0.2, -0.15) is 0 Å². The molecule has 0 aliphatic rings. The molecule has 96 heavy (non-hydrogen) atoms. The molecule has 17 nitrogen and oxygen atoms in total. The zero-order valence-corrected chi connectivity index (χ0v) is 63.1. The molecule has 0 amide bonds. The minimum atomic E-state index is -4.97. The highest BCUT2D eigenvalue weighted by Gasteiger charge is 2.30. The molecular formula is C77H142O17P2. The maximum atomic E-state index is 13.1. The highest BCUT2D eigenvalue weighted by molar-refractivity contribution is 7.47. The second-order valence-electron chi connectivity index (χ2n) is 26.3. The number of phosphoric ester groups is 2. The molecule has 0 spiro atoms. The van der Waals surface area contributed by atoms with Crippen molar-refractivity contribution in [1.82, 2.24) is 0 Å². The van der Waals surface area contributed by atoms with Crippen molar-refractivity contribution in [3.05, 3.63) is 48.6 Å². The summed E-state index contributed by atoms with van der Waals surface area (Å²) in [5.41, 5.74) is 0. The first kappa shape index (κ1) is 93.0. The Morgan fingerprint density at radius 3 is 0.865 bits per heavy atom. The molecule has 0 aromatic rings. The lowest BCUT2D eigenvalue weighted by Crippen LogP contribution is -2.30. The van der Waals surface area contributed by atoms with E-state index in [0.717, 1.165) is 128 Å². The van der Waals surface area contributed by atoms with Gasteiger partial charge in [-0.15, -0.1) is 0 Å². The van der Waals surface area contributed by atoms with Crippen LogP contribution in [0.2, 0.25) is 0 Å². The van der Waals surface area contributed by atoms with Crippen LogP contribution in [0.3, 0.4) is 0 Å². The first-order valence-corrected chi connectivity index (χ1v) is 41.9. The maximum absolute atomic E-state index is 13.1. The molecule has 5 atom stereocenters. The summed E-state index contributed by atoms with van der Waals surface area (Å²) in [6.07, 6.45) is 66.6. The number of unbranched alkanes of at least 4 members (excludes halogenated alkanes) is 41. The third-order valence-electron chi connectivity index (χ3n) is 16.8. The molecule has 0 aromatic heterocycles. The van der Waals surface area contributed by atoms with E-state index in [4.69, 9.17) is 37.0 Å². The van der Waals surface area contributed by atoms with Crippen molar-refractivity contribution in [3.8, 4) is 0 Å². The lowest BCUT2D eigenvalue weighted by molar-refractivity contribution is -0.161. The molecule has 0 bridgehead atoms. The largest absolute Gasteiger partial charge is 0.472 e. The molecule has 2 unspecified atom stereocenters. The zero-order valence-electron chi connectivity index (χ0n) is 61.3. The fourth-order valence-corrected chi connectivity index (χ4v) is 12.4. The number of carbonyl (C=O) groups excluding carboxylic acids is 4. The summed E-state index contributed by atoms with van der Waals surface area (Å²) < 4.78 is 68.5. The Kier molecular flexibility index (Phi) is 68.3. The van der Waals surface area contributed by atoms with Gasteiger partial charge in [0, 0.05) is 25.7 Å². The number of esters is 4. The average molecular weight is 1400 g/mol. The molecule has 0 rings (SSSR count). The number of hydrogen-bond donors (Lipinski definition) is 3. The molecule has 0 aliphatic carbocycles. The van der Waals surface area contributed by atoms with Crippen LogP contribution >= 0.6 is 15.6 Å². The van der Waals surface area contributed by atoms with Crippen LogP contribution in [-0.2, 0) is 65.4 Å². The molecule has 0 saturated heterocycles. The zero-order chi connectivity index (χ0) is 70.4. The fraction of sp³-hybridized carbons (Fsp3) is 0.844. The van der Waals surface area contributed by atoms with Crippen molar-refractivity contribution in [2.45, 2.75) is 380 Å². The summed E-state index contributed by atoms with van der Waals surface area (Å²) in [6.45, 7) is 4.86. The van der Waals surface area contributed by atoms with Gasteiger partial charge in [0.05, 0.1) is 26.4 Å². The average Bonchev–Trinajstić information content (AvgIpc) is 1.17. The Morgan fingerprint density at radius 2 is 0.542 bits per heavy atom. The number of rotatable bonds is 74. The lowest BCUT2D eigenvalue weighted by atomic mass is 10.0. The number of carbonyl (C=O) groups is 4. The number of phosphoric acid groups is 2. The van der Waals surface area contributed by atoms with Crippen molar-refractivity contribution in [2.24, 2.45) is 0 Å². The molecule has 0 aliphatic heterocycles. The van der Waals surface area contributed by atoms with Crippen molar-refractivity contribution < 1.29 is 80.2 Å². The molecule has 0 radical (unpaired) electrons. The molecule has 19 heteroatoms. The van der Waals surface area contributed by atoms with Gasteiger partial charge in [-0.3, -0.25) is 37.3 Å². The van der Waals surface area contributed by atoms with E-state index in [1.165, 1.54) is 154 Å². The summed E-state index contributed by atoms with van der Waals surface area (Å²) >= 11 is 0. The number of aliphatic hydroxyl groups is 1. The van der Waals surface area contributed by atoms with E-state index in [-0.39, 0.29) is 25.7 Å². The first-order chi connectivity index (χ1) is 46.7. The highest BCUT2D eigenvalue weighted by Crippen LogP contribution is 2.45. The Balaban J connectivity index is 5.33. The standard InChI is InChI=1S/C77H142O17P2/c1-5-9-13-17-21-25-29-33-35-39-42-46-50-54-58-62-75(80)88-68-72(93-76(81)63-59-55-51-47-43-38-32-28-24-20-16-12-8-4)69-91-95(83,84)89-65-71(78)66-90-96(85,86)92-70-73(67-87-74(79)61-57-53-49-45-41-37-31-27-23-19-15-11-7-3)94-77(82)64-60-56-52-48-44-40-36-34-30-26-22-18-14-10-6-2/h21,25-26,30,33-36,71-73,78H,5-20,22-24,27-29,31-32,37-70H2,1-4H3,(H,83,84)(H,85,86)/b25-21-,30-26-,35-33-,36-34-/t71-,72+,73+/m0/s1. The summed E-state index contributed by atoms with van der Waals surface area (Å²) in [4.78, 5) is 72.8. The van der Waals surface area contributed by atoms with Crippen LogP contribution in [0.15, 0.2) is 48.6 Å². The molecule has 3 N–H and O–H groups in total. The van der Waals surface area contributed by atoms with E-state index in [1.54, 1.807) is 0 Å². The van der Waals surface area contributed by atoms with Crippen LogP contribution < -0.4 is 0 Å². The van der Waals surface area contributed by atoms with Gasteiger partial charge in [-0.05, 0) is 83.5 Å². The number of hydrogen-bond acceptors (Lipinski definition) is 15. The second kappa shape index (κ2) is 70.5. The van der Waals surface area contributed by atoms with Crippen LogP contribution in [0.25, 0.3) is 0 Å². The summed E-state index contributed by atoms with van der Waals surface area (Å²) in [6, 6.07) is 0. The van der Waals surface area contributed by atoms with Crippen LogP contribution in [0.4, 0.5) is 0 Å². The quantitative estimate of drug-likeness (QED) is 0.0128. The van der Waals surface area contributed by atoms with Crippen LogP contribution in [0, 0.1) is 0 Å². The minimum absolute atomic E-state index is 0.0836. The van der Waals surface area contributed by atoms with Gasteiger partial charge < -0.3 is 33.8 Å². The highest BCUT2D eigenvalue weighted by atomic mass is 31.2. The van der Waals surface area contributed by atoms with E-state index in [0.29, 0.717) is 25.7 Å². The van der Waals surface area contributed by atoms with Gasteiger partial charge in [0.25, 0.3) is 0 Å². The SMILES string of the molecule is CCCCC/C=C\C/C=C\CCCCCCCC(=O)OC[C@H](COP(=O)(O)OC[C@H](O)COP(=O)(O)OC[C@@H](COC(=O)CCCCCCCCCCCCCCC)OC(=O)CCCCCCC/C=C\C=C/CCCCCC)OC(=O)CCCCCCCCCCCCCCC. The van der Waals surface area contributed by atoms with E-state index >= 15 is 0 Å². The van der Waals surface area contributed by atoms with Gasteiger partial charge in [-0.1, -0.05) is 301 Å². The van der Waals surface area contributed by atoms with E-state index in [1.807, 2.05) is 0 Å². The van der Waals surface area contributed by atoms with Gasteiger partial charge in [0.1, 0.15) is 19.3 Å². The monoisotopic (exact) mass is 1400 g/mol.